The summed E-state index contributed by atoms with van der Waals surface area (Å²) in [6, 6.07) is 8.51. The minimum atomic E-state index is -4.06. The van der Waals surface area contributed by atoms with Gasteiger partial charge in [-0.1, -0.05) is 18.1 Å². The number of fused-ring (bicyclic) bond motifs is 2. The number of anilines is 1. The molecule has 12 heteroatoms. The van der Waals surface area contributed by atoms with Gasteiger partial charge >= 0.3 is 0 Å². The molecule has 0 aliphatic carbocycles. The predicted octanol–water partition coefficient (Wildman–Crippen LogP) is 2.93. The fourth-order valence-corrected chi connectivity index (χ4v) is 5.72. The Labute approximate surface area is 219 Å². The molecule has 3 heterocycles. The molecule has 11 nitrogen and oxygen atoms in total. The molecule has 2 aromatic carbocycles. The number of methoxy groups -OCH3 is 2. The highest BCUT2D eigenvalue weighted by atomic mass is 32.2. The second-order valence-corrected chi connectivity index (χ2v) is 10.4. The Morgan fingerprint density at radius 2 is 1.95 bits per heavy atom. The highest BCUT2D eigenvalue weighted by molar-refractivity contribution is 7.92. The average molecular weight is 536 g/mol. The second kappa shape index (κ2) is 9.75. The summed E-state index contributed by atoms with van der Waals surface area (Å²) in [6.45, 7) is 3.08. The fraction of sp³-hybridized carbons (Fsp3) is 0.269. The van der Waals surface area contributed by atoms with Crippen molar-refractivity contribution in [3.63, 3.8) is 0 Å². The molecule has 1 aliphatic heterocycles. The van der Waals surface area contributed by atoms with E-state index in [0.29, 0.717) is 42.8 Å². The molecular weight excluding hydrogens is 510 g/mol. The molecule has 4 aromatic rings. The molecule has 196 valence electrons. The molecular formula is C26H25N5O6S. The summed E-state index contributed by atoms with van der Waals surface area (Å²) < 4.78 is 47.3. The van der Waals surface area contributed by atoms with Crippen LogP contribution in [0.4, 0.5) is 5.82 Å². The van der Waals surface area contributed by atoms with Crippen LogP contribution in [0.5, 0.6) is 11.5 Å². The van der Waals surface area contributed by atoms with E-state index in [1.807, 2.05) is 13.0 Å². The second-order valence-electron chi connectivity index (χ2n) is 8.73. The Morgan fingerprint density at radius 1 is 1.16 bits per heavy atom. The zero-order valence-corrected chi connectivity index (χ0v) is 21.8. The van der Waals surface area contributed by atoms with E-state index in [1.54, 1.807) is 40.0 Å². The Kier molecular flexibility index (Phi) is 6.46. The number of sulfonamides is 1. The molecule has 0 fully saturated rings. The van der Waals surface area contributed by atoms with Gasteiger partial charge in [0.25, 0.3) is 15.9 Å². The maximum absolute atomic E-state index is 13.3. The highest BCUT2D eigenvalue weighted by Gasteiger charge is 2.27. The molecule has 0 bridgehead atoms. The molecule has 0 atom stereocenters. The third-order valence-electron chi connectivity index (χ3n) is 6.45. The number of nitrogens with zero attached hydrogens (tertiary/aromatic N) is 4. The maximum Gasteiger partial charge on any atom is 0.298 e. The first-order valence-electron chi connectivity index (χ1n) is 11.7. The lowest BCUT2D eigenvalue weighted by Crippen LogP contribution is -2.24. The molecule has 0 radical (unpaired) electrons. The van der Waals surface area contributed by atoms with Crippen LogP contribution in [-0.2, 0) is 40.9 Å². The van der Waals surface area contributed by atoms with Crippen LogP contribution in [0.15, 0.2) is 45.9 Å². The van der Waals surface area contributed by atoms with Crippen molar-refractivity contribution in [1.29, 1.82) is 0 Å². The monoisotopic (exact) mass is 535 g/mol. The van der Waals surface area contributed by atoms with Crippen molar-refractivity contribution < 1.29 is 27.2 Å². The number of terminal acetylenes is 1. The lowest BCUT2D eigenvalue weighted by molar-refractivity contribution is -0.125. The van der Waals surface area contributed by atoms with E-state index in [2.05, 4.69) is 20.9 Å². The molecule has 0 saturated carbocycles. The smallest absolute Gasteiger partial charge is 0.298 e. The summed E-state index contributed by atoms with van der Waals surface area (Å²) in [5.41, 5.74) is 3.78. The molecule has 1 amide bonds. The van der Waals surface area contributed by atoms with Crippen molar-refractivity contribution in [2.75, 3.05) is 18.9 Å². The van der Waals surface area contributed by atoms with E-state index in [-0.39, 0.29) is 22.4 Å². The van der Waals surface area contributed by atoms with Gasteiger partial charge in [0, 0.05) is 5.56 Å². The number of aromatic nitrogens is 3. The Bertz CT molecular complexity index is 1700. The van der Waals surface area contributed by atoms with Crippen LogP contribution in [-0.4, -0.2) is 48.4 Å². The van der Waals surface area contributed by atoms with Gasteiger partial charge in [0.15, 0.2) is 11.4 Å². The lowest BCUT2D eigenvalue weighted by Gasteiger charge is -2.13. The van der Waals surface area contributed by atoms with Crippen LogP contribution in [0.1, 0.15) is 29.3 Å². The van der Waals surface area contributed by atoms with Crippen molar-refractivity contribution in [2.45, 2.75) is 37.9 Å². The quantitative estimate of drug-likeness (QED) is 0.341. The van der Waals surface area contributed by atoms with E-state index >= 15 is 0 Å². The summed E-state index contributed by atoms with van der Waals surface area (Å²) in [6.07, 6.45) is 7.64. The minimum Gasteiger partial charge on any atom is -0.496 e. The zero-order chi connectivity index (χ0) is 27.0. The van der Waals surface area contributed by atoms with Crippen LogP contribution in [0, 0.1) is 12.3 Å². The van der Waals surface area contributed by atoms with Gasteiger partial charge in [-0.3, -0.25) is 14.2 Å². The van der Waals surface area contributed by atoms with Crippen LogP contribution in [0.2, 0.25) is 0 Å². The summed E-state index contributed by atoms with van der Waals surface area (Å²) >= 11 is 0. The number of hydrogen-bond acceptors (Lipinski definition) is 8. The van der Waals surface area contributed by atoms with E-state index < -0.39 is 10.0 Å². The van der Waals surface area contributed by atoms with Crippen molar-refractivity contribution in [1.82, 2.24) is 19.8 Å². The molecule has 0 unspecified atom stereocenters. The van der Waals surface area contributed by atoms with Crippen LogP contribution >= 0.6 is 0 Å². The number of carbonyl (C=O) groups excluding carboxylic acids is 1. The molecule has 5 rings (SSSR count). The van der Waals surface area contributed by atoms with E-state index in [0.717, 1.165) is 22.4 Å². The van der Waals surface area contributed by atoms with E-state index in [4.69, 9.17) is 20.4 Å². The fourth-order valence-electron chi connectivity index (χ4n) is 4.50. The first-order chi connectivity index (χ1) is 18.3. The van der Waals surface area contributed by atoms with Gasteiger partial charge in [0.2, 0.25) is 0 Å². The Hall–Kier alpha value is -4.50. The molecule has 1 aliphatic rings. The number of amides is 1. The number of ether oxygens (including phenoxy) is 2. The van der Waals surface area contributed by atoms with Gasteiger partial charge in [0.05, 0.1) is 45.7 Å². The SMILES string of the molecule is C#CC(=O)N1Cc2cnn(Cc3cc(OC)c4c(NS(=O)(=O)c5cc(CC)ccc5OC)noc4c3)c2C1. The number of rotatable bonds is 8. The van der Waals surface area contributed by atoms with Gasteiger partial charge in [0.1, 0.15) is 21.8 Å². The normalized spacial score (nSPS) is 12.8. The average Bonchev–Trinajstić information content (AvgIpc) is 3.63. The summed E-state index contributed by atoms with van der Waals surface area (Å²) in [4.78, 5) is 13.5. The van der Waals surface area contributed by atoms with Gasteiger partial charge < -0.3 is 18.9 Å². The van der Waals surface area contributed by atoms with Crippen molar-refractivity contribution >= 4 is 32.7 Å². The standard InChI is InChI=1S/C26H25N5O6S/c1-5-16-7-8-20(35-3)23(11-16)38(33,34)29-26-25-21(36-4)9-17(10-22(25)37-28-26)13-31-19-15-30(24(32)6-2)14-18(19)12-27-31/h2,7-12H,5,13-15H2,1,3-4H3,(H,28,29). The molecule has 0 saturated heterocycles. The van der Waals surface area contributed by atoms with Crippen LogP contribution in [0.3, 0.4) is 0 Å². The first-order valence-corrected chi connectivity index (χ1v) is 13.2. The molecule has 38 heavy (non-hydrogen) atoms. The molecule has 0 spiro atoms. The number of benzene rings is 2. The number of aryl methyl sites for hydroxylation is 1. The third kappa shape index (κ3) is 4.41. The van der Waals surface area contributed by atoms with E-state index in [1.165, 1.54) is 14.2 Å². The van der Waals surface area contributed by atoms with Crippen LogP contribution in [0.25, 0.3) is 11.0 Å². The number of carbonyl (C=O) groups is 1. The summed E-state index contributed by atoms with van der Waals surface area (Å²) in [5, 5.41) is 8.80. The Balaban J connectivity index is 1.46. The number of hydrogen-bond donors (Lipinski definition) is 1. The van der Waals surface area contributed by atoms with E-state index in [9.17, 15) is 13.2 Å². The van der Waals surface area contributed by atoms with Gasteiger partial charge in [-0.05, 0) is 47.7 Å². The first kappa shape index (κ1) is 25.2. The summed E-state index contributed by atoms with van der Waals surface area (Å²) in [7, 11) is -1.17. The highest BCUT2D eigenvalue weighted by Crippen LogP contribution is 2.36. The van der Waals surface area contributed by atoms with Crippen LogP contribution < -0.4 is 14.2 Å². The topological polar surface area (TPSA) is 129 Å². The van der Waals surface area contributed by atoms with Gasteiger partial charge in [-0.2, -0.15) is 5.10 Å². The minimum absolute atomic E-state index is 0.00372. The maximum atomic E-state index is 13.3. The summed E-state index contributed by atoms with van der Waals surface area (Å²) in [5.74, 6) is 2.36. The largest absolute Gasteiger partial charge is 0.496 e. The Morgan fingerprint density at radius 3 is 2.66 bits per heavy atom. The van der Waals surface area contributed by atoms with Crippen molar-refractivity contribution in [3.8, 4) is 23.8 Å². The predicted molar refractivity (Wildman–Crippen MR) is 138 cm³/mol. The third-order valence-corrected chi connectivity index (χ3v) is 7.81. The molecule has 2 aromatic heterocycles. The van der Waals surface area contributed by atoms with Crippen molar-refractivity contribution in [2.24, 2.45) is 0 Å². The zero-order valence-electron chi connectivity index (χ0n) is 21.0. The molecule has 1 N–H and O–H groups in total. The number of nitrogens with one attached hydrogen (secondary N) is 1. The van der Waals surface area contributed by atoms with Gasteiger partial charge in [-0.15, -0.1) is 6.42 Å². The lowest BCUT2D eigenvalue weighted by atomic mass is 10.1. The van der Waals surface area contributed by atoms with Crippen molar-refractivity contribution in [3.05, 3.63) is 58.9 Å². The van der Waals surface area contributed by atoms with Gasteiger partial charge in [-0.25, -0.2) is 8.42 Å².